The molecule has 0 saturated heterocycles. The first-order chi connectivity index (χ1) is 37.0. The summed E-state index contributed by atoms with van der Waals surface area (Å²) in [5, 5.41) is 0. The number of unbranched alkanes of at least 4 members (excludes halogenated alkanes) is 18. The van der Waals surface area contributed by atoms with E-state index >= 15 is 0 Å². The van der Waals surface area contributed by atoms with E-state index in [4.69, 9.17) is 18.5 Å². The maximum absolute atomic E-state index is 12.8. The number of hydrogen-bond acceptors (Lipinski definition) is 7. The van der Waals surface area contributed by atoms with Crippen LogP contribution in [0.4, 0.5) is 0 Å². The van der Waals surface area contributed by atoms with E-state index in [2.05, 4.69) is 129 Å². The SMILES string of the molecule is CC/C=C\C/C=C\C/C=C\C/C=C\C/C=C\C/C=C\CCCCCCCCCCCCCCCCCCCCC(=O)OC(COC(=O)C/C=C\C/C=C\C/C=C\C/C=C\C/C=C\CC)COP(=O)(O)OCC[N+](C)(C)C. The van der Waals surface area contributed by atoms with Crippen LogP contribution < -0.4 is 0 Å². The largest absolute Gasteiger partial charge is 0.472 e. The maximum Gasteiger partial charge on any atom is 0.472 e. The second-order valence-electron chi connectivity index (χ2n) is 20.6. The highest BCUT2D eigenvalue weighted by atomic mass is 31.2. The number of carbonyl (C=O) groups excluding carboxylic acids is 2. The van der Waals surface area contributed by atoms with E-state index in [1.165, 1.54) is 96.3 Å². The van der Waals surface area contributed by atoms with Gasteiger partial charge in [-0.25, -0.2) is 4.57 Å². The Kier molecular flexibility index (Phi) is 53.1. The Labute approximate surface area is 466 Å². The molecule has 0 spiro atoms. The Morgan fingerprint density at radius 3 is 1.12 bits per heavy atom. The summed E-state index contributed by atoms with van der Waals surface area (Å²) in [6.07, 6.45) is 81.5. The van der Waals surface area contributed by atoms with Crippen molar-refractivity contribution in [1.82, 2.24) is 0 Å². The molecule has 0 aliphatic heterocycles. The van der Waals surface area contributed by atoms with Crippen molar-refractivity contribution in [2.45, 2.75) is 225 Å². The number of quaternary nitrogens is 1. The predicted molar refractivity (Wildman–Crippen MR) is 325 cm³/mol. The van der Waals surface area contributed by atoms with E-state index in [-0.39, 0.29) is 26.1 Å². The molecule has 0 amide bonds. The molecule has 0 aromatic carbocycles. The first-order valence-electron chi connectivity index (χ1n) is 29.9. The molecule has 9 nitrogen and oxygen atoms in total. The van der Waals surface area contributed by atoms with Crippen LogP contribution in [0.3, 0.4) is 0 Å². The van der Waals surface area contributed by atoms with E-state index in [1.54, 1.807) is 6.08 Å². The average molecular weight is 1080 g/mol. The van der Waals surface area contributed by atoms with Gasteiger partial charge >= 0.3 is 19.8 Å². The number of rotatable bonds is 53. The fourth-order valence-electron chi connectivity index (χ4n) is 7.68. The molecule has 0 aliphatic rings. The fraction of sp³-hybridized carbons (Fsp3) is 0.636. The van der Waals surface area contributed by atoms with Gasteiger partial charge in [-0.05, 0) is 89.9 Å². The topological polar surface area (TPSA) is 108 Å². The summed E-state index contributed by atoms with van der Waals surface area (Å²) in [4.78, 5) is 35.6. The first-order valence-corrected chi connectivity index (χ1v) is 31.4. The van der Waals surface area contributed by atoms with Crippen LogP contribution in [0, 0.1) is 0 Å². The molecule has 76 heavy (non-hydrogen) atoms. The van der Waals surface area contributed by atoms with E-state index in [1.807, 2.05) is 33.3 Å². The molecule has 0 aromatic heterocycles. The van der Waals surface area contributed by atoms with Crippen LogP contribution in [-0.2, 0) is 32.7 Å². The van der Waals surface area contributed by atoms with Gasteiger partial charge in [-0.1, -0.05) is 250 Å². The van der Waals surface area contributed by atoms with E-state index < -0.39 is 32.5 Å². The Morgan fingerprint density at radius 2 is 0.750 bits per heavy atom. The van der Waals surface area contributed by atoms with Crippen LogP contribution in [0.5, 0.6) is 0 Å². The van der Waals surface area contributed by atoms with Gasteiger partial charge in [0.05, 0.1) is 34.2 Å². The Hall–Kier alpha value is -3.85. The second kappa shape index (κ2) is 55.9. The van der Waals surface area contributed by atoms with Gasteiger partial charge in [-0.2, -0.15) is 0 Å². The van der Waals surface area contributed by atoms with Gasteiger partial charge in [0, 0.05) is 6.42 Å². The van der Waals surface area contributed by atoms with Gasteiger partial charge in [0.15, 0.2) is 6.10 Å². The molecule has 0 aromatic rings. The van der Waals surface area contributed by atoms with Crippen molar-refractivity contribution in [3.8, 4) is 0 Å². The van der Waals surface area contributed by atoms with Crippen molar-refractivity contribution in [3.63, 3.8) is 0 Å². The number of likely N-dealkylation sites (N-methyl/N-ethyl adjacent to an activating group) is 1. The molecule has 10 heteroatoms. The number of hydrogen-bond donors (Lipinski definition) is 1. The summed E-state index contributed by atoms with van der Waals surface area (Å²) in [5.41, 5.74) is 0. The van der Waals surface area contributed by atoms with E-state index in [0.717, 1.165) is 83.5 Å². The van der Waals surface area contributed by atoms with Crippen molar-refractivity contribution >= 4 is 19.8 Å². The number of allylic oxidation sites excluding steroid dienone is 21. The van der Waals surface area contributed by atoms with Crippen LogP contribution in [-0.4, -0.2) is 74.9 Å². The molecule has 0 bridgehead atoms. The van der Waals surface area contributed by atoms with Crippen molar-refractivity contribution in [1.29, 1.82) is 0 Å². The number of ether oxygens (including phenoxy) is 2. The number of phosphoric acid groups is 1. The maximum atomic E-state index is 12.8. The van der Waals surface area contributed by atoms with Crippen LogP contribution in [0.25, 0.3) is 0 Å². The lowest BCUT2D eigenvalue weighted by atomic mass is 10.0. The minimum absolute atomic E-state index is 0.0129. The second-order valence-corrected chi connectivity index (χ2v) is 22.1. The fourth-order valence-corrected chi connectivity index (χ4v) is 8.42. The third-order valence-corrected chi connectivity index (χ3v) is 13.2. The van der Waals surface area contributed by atoms with Crippen molar-refractivity contribution < 1.29 is 42.1 Å². The number of esters is 2. The molecule has 0 aliphatic carbocycles. The van der Waals surface area contributed by atoms with E-state index in [9.17, 15) is 19.0 Å². The monoisotopic (exact) mass is 1080 g/mol. The zero-order chi connectivity index (χ0) is 55.6. The van der Waals surface area contributed by atoms with Gasteiger partial charge in [0.1, 0.15) is 19.8 Å². The molecular weight excluding hydrogens is 966 g/mol. The Morgan fingerprint density at radius 1 is 0.421 bits per heavy atom. The molecule has 0 radical (unpaired) electrons. The molecule has 0 rings (SSSR count). The lowest BCUT2D eigenvalue weighted by molar-refractivity contribution is -0.870. The highest BCUT2D eigenvalue weighted by Gasteiger charge is 2.27. The van der Waals surface area contributed by atoms with Crippen LogP contribution in [0.15, 0.2) is 134 Å². The van der Waals surface area contributed by atoms with E-state index in [0.29, 0.717) is 23.9 Å². The van der Waals surface area contributed by atoms with Gasteiger partial charge in [0.2, 0.25) is 0 Å². The molecular formula is C66H111NO8P+. The van der Waals surface area contributed by atoms with Gasteiger partial charge in [-0.3, -0.25) is 18.6 Å². The third-order valence-electron chi connectivity index (χ3n) is 12.2. The van der Waals surface area contributed by atoms with Crippen LogP contribution in [0.1, 0.15) is 219 Å². The molecule has 0 fully saturated rings. The quantitative estimate of drug-likeness (QED) is 0.0211. The van der Waals surface area contributed by atoms with Crippen molar-refractivity contribution in [2.24, 2.45) is 0 Å². The van der Waals surface area contributed by atoms with Crippen molar-refractivity contribution in [3.05, 3.63) is 134 Å². The first kappa shape index (κ1) is 72.2. The Balaban J connectivity index is 4.07. The van der Waals surface area contributed by atoms with Gasteiger partial charge in [0.25, 0.3) is 0 Å². The minimum Gasteiger partial charge on any atom is -0.461 e. The lowest BCUT2D eigenvalue weighted by Gasteiger charge is -2.24. The van der Waals surface area contributed by atoms with Crippen molar-refractivity contribution in [2.75, 3.05) is 47.5 Å². The highest BCUT2D eigenvalue weighted by Crippen LogP contribution is 2.43. The number of carbonyl (C=O) groups is 2. The summed E-state index contributed by atoms with van der Waals surface area (Å²) in [6.45, 7) is 4.08. The van der Waals surface area contributed by atoms with Gasteiger partial charge in [-0.15, -0.1) is 0 Å². The number of phosphoric ester groups is 1. The third kappa shape index (κ3) is 59.4. The smallest absolute Gasteiger partial charge is 0.461 e. The zero-order valence-electron chi connectivity index (χ0n) is 48.9. The molecule has 432 valence electrons. The Bertz CT molecular complexity index is 1740. The molecule has 2 unspecified atom stereocenters. The standard InChI is InChI=1S/C66H110NO8P/c1-6-8-10-12-14-16-18-20-22-23-24-25-26-27-28-29-30-31-32-33-34-35-36-37-38-39-40-41-42-43-45-47-49-51-53-55-57-59-66(69)75-64(63-74-76(70,71)73-61-60-67(3,4)5)62-72-65(68)58-56-54-52-50-48-46-44-21-19-17-15-13-11-9-7-2/h8-11,14-17,20-22,24-25,27-28,30-31,44,48,50,54,56,64H,6-7,12-13,18-19,23,26,29,32-43,45-47,49,51-53,55,57-63H2,1-5H3/p+1/b10-8-,11-9-,16-14-,17-15-,22-20-,25-24-,28-27-,31-30-,44-21-,50-48-,56-54-. The summed E-state index contributed by atoms with van der Waals surface area (Å²) in [5.74, 6) is -0.949. The predicted octanol–water partition coefficient (Wildman–Crippen LogP) is 18.9. The molecule has 2 atom stereocenters. The summed E-state index contributed by atoms with van der Waals surface area (Å²) in [6, 6.07) is 0. The summed E-state index contributed by atoms with van der Waals surface area (Å²) >= 11 is 0. The van der Waals surface area contributed by atoms with Crippen LogP contribution in [0.2, 0.25) is 0 Å². The molecule has 0 heterocycles. The summed E-state index contributed by atoms with van der Waals surface area (Å²) < 4.78 is 34.4. The lowest BCUT2D eigenvalue weighted by Crippen LogP contribution is -2.37. The van der Waals surface area contributed by atoms with Crippen LogP contribution >= 0.6 is 7.82 Å². The average Bonchev–Trinajstić information content (AvgIpc) is 3.38. The summed E-state index contributed by atoms with van der Waals surface area (Å²) in [7, 11) is 1.42. The molecule has 0 saturated carbocycles. The normalized spacial score (nSPS) is 14.2. The minimum atomic E-state index is -4.41. The highest BCUT2D eigenvalue weighted by molar-refractivity contribution is 7.47. The molecule has 1 N–H and O–H groups in total. The number of nitrogens with zero attached hydrogens (tertiary/aromatic N) is 1. The van der Waals surface area contributed by atoms with Gasteiger partial charge < -0.3 is 18.9 Å². The zero-order valence-corrected chi connectivity index (χ0v) is 49.8.